The van der Waals surface area contributed by atoms with Gasteiger partial charge >= 0.3 is 5.97 Å². The van der Waals surface area contributed by atoms with Gasteiger partial charge in [0.2, 0.25) is 5.91 Å². The summed E-state index contributed by atoms with van der Waals surface area (Å²) in [5.41, 5.74) is 4.88. The van der Waals surface area contributed by atoms with E-state index >= 15 is 0 Å². The van der Waals surface area contributed by atoms with E-state index in [9.17, 15) is 14.0 Å². The fourth-order valence-electron chi connectivity index (χ4n) is 1.82. The number of hydrogen-bond acceptors (Lipinski definition) is 3. The molecule has 0 bridgehead atoms. The molecule has 1 aromatic carbocycles. The lowest BCUT2D eigenvalue weighted by Crippen LogP contribution is -2.36. The Kier molecular flexibility index (Phi) is 5.29. The number of aromatic carboxylic acids is 1. The average Bonchev–Trinajstić information content (AvgIpc) is 2.33. The predicted octanol–water partition coefficient (Wildman–Crippen LogP) is 1.62. The first-order valence-corrected chi connectivity index (χ1v) is 6.02. The van der Waals surface area contributed by atoms with Crippen LogP contribution in [0.15, 0.2) is 18.2 Å². The molecule has 104 valence electrons. The van der Waals surface area contributed by atoms with E-state index in [2.05, 4.69) is 0 Å². The van der Waals surface area contributed by atoms with Crippen LogP contribution >= 0.6 is 0 Å². The predicted molar refractivity (Wildman–Crippen MR) is 69.7 cm³/mol. The summed E-state index contributed by atoms with van der Waals surface area (Å²) in [5, 5.41) is 9.09. The van der Waals surface area contributed by atoms with E-state index in [1.807, 2.05) is 6.92 Å². The molecule has 0 aliphatic carbocycles. The van der Waals surface area contributed by atoms with E-state index < -0.39 is 17.7 Å². The quantitative estimate of drug-likeness (QED) is 0.787. The second-order valence-electron chi connectivity index (χ2n) is 4.18. The van der Waals surface area contributed by atoms with Crippen molar-refractivity contribution in [2.75, 3.05) is 18.0 Å². The van der Waals surface area contributed by atoms with Gasteiger partial charge in [0.1, 0.15) is 5.82 Å². The number of nitrogens with two attached hydrogens (primary N) is 1. The molecule has 0 aliphatic heterocycles. The molecule has 19 heavy (non-hydrogen) atoms. The summed E-state index contributed by atoms with van der Waals surface area (Å²) < 4.78 is 13.9. The van der Waals surface area contributed by atoms with E-state index in [4.69, 9.17) is 10.8 Å². The van der Waals surface area contributed by atoms with Crippen LogP contribution in [-0.4, -0.2) is 30.1 Å². The number of para-hydroxylation sites is 1. The van der Waals surface area contributed by atoms with Gasteiger partial charge in [0.15, 0.2) is 0 Å². The molecule has 0 spiro atoms. The summed E-state index contributed by atoms with van der Waals surface area (Å²) in [5.74, 6) is -2.53. The maximum absolute atomic E-state index is 13.9. The van der Waals surface area contributed by atoms with Crippen molar-refractivity contribution in [2.45, 2.75) is 19.8 Å². The van der Waals surface area contributed by atoms with Crippen molar-refractivity contribution in [1.82, 2.24) is 0 Å². The van der Waals surface area contributed by atoms with Gasteiger partial charge in [-0.15, -0.1) is 0 Å². The Bertz CT molecular complexity index is 477. The lowest BCUT2D eigenvalue weighted by atomic mass is 10.1. The highest BCUT2D eigenvalue weighted by molar-refractivity contribution is 5.95. The van der Waals surface area contributed by atoms with Crippen LogP contribution in [0.2, 0.25) is 0 Å². The van der Waals surface area contributed by atoms with Crippen LogP contribution in [0, 0.1) is 5.82 Å². The lowest BCUT2D eigenvalue weighted by molar-refractivity contribution is -0.116. The number of unbranched alkanes of at least 4 members (excludes halogenated alkanes) is 1. The van der Waals surface area contributed by atoms with Gasteiger partial charge in [-0.2, -0.15) is 0 Å². The third-order valence-electron chi connectivity index (χ3n) is 2.66. The monoisotopic (exact) mass is 268 g/mol. The van der Waals surface area contributed by atoms with Crippen molar-refractivity contribution in [3.8, 4) is 0 Å². The summed E-state index contributed by atoms with van der Waals surface area (Å²) in [4.78, 5) is 23.6. The van der Waals surface area contributed by atoms with E-state index in [-0.39, 0.29) is 17.8 Å². The van der Waals surface area contributed by atoms with Crippen molar-refractivity contribution in [3.63, 3.8) is 0 Å². The number of carbonyl (C=O) groups excluding carboxylic acids is 1. The molecule has 1 aromatic rings. The molecular formula is C13H17FN2O3. The molecule has 0 aliphatic rings. The highest BCUT2D eigenvalue weighted by Gasteiger charge is 2.21. The third-order valence-corrected chi connectivity index (χ3v) is 2.66. The van der Waals surface area contributed by atoms with E-state index in [0.717, 1.165) is 6.42 Å². The number of rotatable bonds is 7. The van der Waals surface area contributed by atoms with Crippen LogP contribution < -0.4 is 10.6 Å². The SMILES string of the molecule is CCCCN(CC(N)=O)c1c(F)cccc1C(=O)O. The van der Waals surface area contributed by atoms with Crippen LogP contribution in [0.1, 0.15) is 30.1 Å². The molecule has 0 aromatic heterocycles. The van der Waals surface area contributed by atoms with Crippen molar-refractivity contribution < 1.29 is 19.1 Å². The highest BCUT2D eigenvalue weighted by Crippen LogP contribution is 2.25. The zero-order valence-corrected chi connectivity index (χ0v) is 10.7. The van der Waals surface area contributed by atoms with Crippen LogP contribution in [-0.2, 0) is 4.79 Å². The zero-order valence-electron chi connectivity index (χ0n) is 10.7. The molecule has 0 fully saturated rings. The largest absolute Gasteiger partial charge is 0.478 e. The molecule has 5 nitrogen and oxygen atoms in total. The summed E-state index contributed by atoms with van der Waals surface area (Å²) in [6.45, 7) is 2.11. The van der Waals surface area contributed by atoms with Gasteiger partial charge in [0, 0.05) is 6.54 Å². The molecule has 0 unspecified atom stereocenters. The molecule has 0 saturated carbocycles. The van der Waals surface area contributed by atoms with Gasteiger partial charge in [0.05, 0.1) is 17.8 Å². The average molecular weight is 268 g/mol. The summed E-state index contributed by atoms with van der Waals surface area (Å²) >= 11 is 0. The number of halogens is 1. The van der Waals surface area contributed by atoms with Gasteiger partial charge in [-0.1, -0.05) is 19.4 Å². The molecule has 0 atom stereocenters. The normalized spacial score (nSPS) is 10.2. The first-order valence-electron chi connectivity index (χ1n) is 6.02. The number of carbonyl (C=O) groups is 2. The molecule has 1 rings (SSSR count). The smallest absolute Gasteiger partial charge is 0.337 e. The molecule has 3 N–H and O–H groups in total. The lowest BCUT2D eigenvalue weighted by Gasteiger charge is -2.25. The first-order chi connectivity index (χ1) is 8.97. The van der Waals surface area contributed by atoms with Crippen LogP contribution in [0.4, 0.5) is 10.1 Å². The number of carboxylic acid groups (broad SMARTS) is 1. The number of anilines is 1. The van der Waals surface area contributed by atoms with Crippen LogP contribution in [0.3, 0.4) is 0 Å². The minimum Gasteiger partial charge on any atom is -0.478 e. The fourth-order valence-corrected chi connectivity index (χ4v) is 1.82. The van der Waals surface area contributed by atoms with E-state index in [0.29, 0.717) is 13.0 Å². The number of carboxylic acids is 1. The Morgan fingerprint density at radius 3 is 2.63 bits per heavy atom. The number of benzene rings is 1. The molecular weight excluding hydrogens is 251 g/mol. The second-order valence-corrected chi connectivity index (χ2v) is 4.18. The van der Waals surface area contributed by atoms with Gasteiger partial charge in [0.25, 0.3) is 0 Å². The minimum atomic E-state index is -1.24. The van der Waals surface area contributed by atoms with Gasteiger partial charge in [-0.3, -0.25) is 4.79 Å². The maximum atomic E-state index is 13.9. The van der Waals surface area contributed by atoms with E-state index in [1.165, 1.54) is 23.1 Å². The molecule has 0 radical (unpaired) electrons. The Labute approximate surface area is 110 Å². The Hall–Kier alpha value is -2.11. The number of amides is 1. The maximum Gasteiger partial charge on any atom is 0.337 e. The van der Waals surface area contributed by atoms with Gasteiger partial charge in [-0.05, 0) is 18.6 Å². The Balaban J connectivity index is 3.19. The van der Waals surface area contributed by atoms with Crippen molar-refractivity contribution in [2.24, 2.45) is 5.73 Å². The van der Waals surface area contributed by atoms with Gasteiger partial charge in [-0.25, -0.2) is 9.18 Å². The molecule has 6 heteroatoms. The zero-order chi connectivity index (χ0) is 14.4. The molecule has 0 heterocycles. The Morgan fingerprint density at radius 2 is 2.11 bits per heavy atom. The number of primary amides is 1. The van der Waals surface area contributed by atoms with E-state index in [1.54, 1.807) is 0 Å². The second kappa shape index (κ2) is 6.72. The highest BCUT2D eigenvalue weighted by atomic mass is 19.1. The van der Waals surface area contributed by atoms with Crippen LogP contribution in [0.25, 0.3) is 0 Å². The topological polar surface area (TPSA) is 83.6 Å². The first kappa shape index (κ1) is 14.9. The van der Waals surface area contributed by atoms with Crippen LogP contribution in [0.5, 0.6) is 0 Å². The van der Waals surface area contributed by atoms with Crippen molar-refractivity contribution in [1.29, 1.82) is 0 Å². The van der Waals surface area contributed by atoms with Crippen molar-refractivity contribution in [3.05, 3.63) is 29.6 Å². The van der Waals surface area contributed by atoms with Crippen molar-refractivity contribution >= 4 is 17.6 Å². The minimum absolute atomic E-state index is 0.0812. The molecule has 1 amide bonds. The summed E-state index contributed by atoms with van der Waals surface area (Å²) in [6.07, 6.45) is 1.55. The summed E-state index contributed by atoms with van der Waals surface area (Å²) in [6, 6.07) is 3.80. The Morgan fingerprint density at radius 1 is 1.42 bits per heavy atom. The van der Waals surface area contributed by atoms with Gasteiger partial charge < -0.3 is 15.7 Å². The molecule has 0 saturated heterocycles. The number of nitrogens with zero attached hydrogens (tertiary/aromatic N) is 1. The standard InChI is InChI=1S/C13H17FN2O3/c1-2-3-7-16(8-11(15)17)12-9(13(18)19)5-4-6-10(12)14/h4-6H,2-3,7-8H2,1H3,(H2,15,17)(H,18,19). The third kappa shape index (κ3) is 3.94. The summed E-state index contributed by atoms with van der Waals surface area (Å²) in [7, 11) is 0. The number of hydrogen-bond donors (Lipinski definition) is 2. The fraction of sp³-hybridized carbons (Fsp3) is 0.385.